The average Bonchev–Trinajstić information content (AvgIpc) is 2.89. The van der Waals surface area contributed by atoms with Crippen molar-refractivity contribution in [2.45, 2.75) is 32.1 Å². The molecule has 2 unspecified atom stereocenters. The van der Waals surface area contributed by atoms with Gasteiger partial charge in [-0.15, -0.1) is 0 Å². The second-order valence-electron chi connectivity index (χ2n) is 6.82. The van der Waals surface area contributed by atoms with Gasteiger partial charge in [0.2, 0.25) is 0 Å². The summed E-state index contributed by atoms with van der Waals surface area (Å²) < 4.78 is 1.66. The summed E-state index contributed by atoms with van der Waals surface area (Å²) in [7, 11) is 0. The van der Waals surface area contributed by atoms with Gasteiger partial charge in [-0.1, -0.05) is 37.9 Å². The molecular weight excluding hydrogens is 476 g/mol. The smallest absolute Gasteiger partial charge is 0.269 e. The molecule has 1 fully saturated rings. The molecule has 1 heterocycles. The van der Waals surface area contributed by atoms with Gasteiger partial charge in [0, 0.05) is 34.4 Å². The maximum atomic E-state index is 12.9. The first-order chi connectivity index (χ1) is 12.9. The van der Waals surface area contributed by atoms with Crippen molar-refractivity contribution >= 4 is 55.0 Å². The molecule has 1 saturated carbocycles. The average molecular weight is 496 g/mol. The highest BCUT2D eigenvalue weighted by Gasteiger charge is 2.43. The molecule has 1 aromatic rings. The summed E-state index contributed by atoms with van der Waals surface area (Å²) in [5.74, 6) is -1.43. The van der Waals surface area contributed by atoms with Crippen LogP contribution >= 0.6 is 31.9 Å². The van der Waals surface area contributed by atoms with Crippen molar-refractivity contribution in [1.29, 1.82) is 0 Å². The number of amides is 1. The van der Waals surface area contributed by atoms with Crippen LogP contribution in [-0.2, 0) is 14.4 Å². The van der Waals surface area contributed by atoms with Gasteiger partial charge in [-0.05, 0) is 49.1 Å². The largest absolute Gasteiger partial charge is 0.351 e. The number of Topliss-reactive ketones (excluding diaryl/α,β-unsaturated/α-hetero) is 2. The highest BCUT2D eigenvalue weighted by Crippen LogP contribution is 2.39. The van der Waals surface area contributed by atoms with Crippen molar-refractivity contribution in [3.05, 3.63) is 44.4 Å². The first kappa shape index (κ1) is 20.1. The number of ketones is 2. The molecule has 1 aliphatic carbocycles. The molecule has 1 N–H and O–H groups in total. The van der Waals surface area contributed by atoms with Crippen LogP contribution in [0.1, 0.15) is 36.3 Å². The van der Waals surface area contributed by atoms with Crippen LogP contribution in [0, 0.1) is 12.8 Å². The summed E-state index contributed by atoms with van der Waals surface area (Å²) in [6, 6.07) is 3.77. The fourth-order valence-electron chi connectivity index (χ4n) is 3.59. The summed E-state index contributed by atoms with van der Waals surface area (Å²) in [5.41, 5.74) is 2.07. The SMILES string of the molecule is Cc1cc(Br)cc(Br)c1C1C(=O)CC(CCNC(=O)C2=NCCC=C2)C1=O. The lowest BCUT2D eigenvalue weighted by atomic mass is 9.90. The molecule has 7 heteroatoms. The molecule has 27 heavy (non-hydrogen) atoms. The van der Waals surface area contributed by atoms with Crippen molar-refractivity contribution in [2.75, 3.05) is 13.1 Å². The third-order valence-corrected chi connectivity index (χ3v) is 6.02. The molecule has 1 aromatic carbocycles. The number of aryl methyl sites for hydroxylation is 1. The van der Waals surface area contributed by atoms with Gasteiger partial charge in [-0.25, -0.2) is 0 Å². The second kappa shape index (κ2) is 8.61. The summed E-state index contributed by atoms with van der Waals surface area (Å²) in [6.07, 6.45) is 5.16. The van der Waals surface area contributed by atoms with Crippen LogP contribution < -0.4 is 5.32 Å². The van der Waals surface area contributed by atoms with E-state index in [9.17, 15) is 14.4 Å². The standard InChI is InChI=1S/C20H20Br2N2O3/c1-11-8-13(21)10-14(22)17(11)18-16(25)9-12(19(18)26)5-7-24-20(27)15-4-2-3-6-23-15/h2,4,8,10,12,18H,3,5-7,9H2,1H3,(H,24,27). The Kier molecular flexibility index (Phi) is 6.42. The van der Waals surface area contributed by atoms with Crippen molar-refractivity contribution < 1.29 is 14.4 Å². The number of rotatable bonds is 5. The Bertz CT molecular complexity index is 838. The molecule has 3 rings (SSSR count). The van der Waals surface area contributed by atoms with E-state index < -0.39 is 5.92 Å². The number of nitrogens with zero attached hydrogens (tertiary/aromatic N) is 1. The number of halogens is 2. The van der Waals surface area contributed by atoms with Gasteiger partial charge < -0.3 is 5.32 Å². The van der Waals surface area contributed by atoms with E-state index in [2.05, 4.69) is 42.2 Å². The van der Waals surface area contributed by atoms with Crippen LogP contribution in [0.5, 0.6) is 0 Å². The van der Waals surface area contributed by atoms with Crippen LogP contribution in [0.3, 0.4) is 0 Å². The Morgan fingerprint density at radius 2 is 2.07 bits per heavy atom. The summed E-state index contributed by atoms with van der Waals surface area (Å²) in [4.78, 5) is 41.7. The third kappa shape index (κ3) is 4.46. The maximum Gasteiger partial charge on any atom is 0.269 e. The van der Waals surface area contributed by atoms with E-state index in [0.717, 1.165) is 26.5 Å². The summed E-state index contributed by atoms with van der Waals surface area (Å²) in [5, 5.41) is 2.80. The Morgan fingerprint density at radius 3 is 2.74 bits per heavy atom. The zero-order valence-electron chi connectivity index (χ0n) is 14.9. The number of nitrogens with one attached hydrogen (secondary N) is 1. The number of dihydropyridines is 1. The lowest BCUT2D eigenvalue weighted by Gasteiger charge is -2.15. The number of carbonyl (C=O) groups excluding carboxylic acids is 3. The van der Waals surface area contributed by atoms with Gasteiger partial charge in [-0.2, -0.15) is 0 Å². The molecule has 0 aromatic heterocycles. The minimum atomic E-state index is -0.723. The fourth-order valence-corrected chi connectivity index (χ4v) is 5.26. The van der Waals surface area contributed by atoms with E-state index in [1.807, 2.05) is 25.1 Å². The van der Waals surface area contributed by atoms with Crippen LogP contribution in [-0.4, -0.2) is 36.3 Å². The van der Waals surface area contributed by atoms with E-state index >= 15 is 0 Å². The van der Waals surface area contributed by atoms with E-state index in [1.54, 1.807) is 6.08 Å². The molecule has 1 aliphatic heterocycles. The minimum Gasteiger partial charge on any atom is -0.351 e. The van der Waals surface area contributed by atoms with Crippen LogP contribution in [0.25, 0.3) is 0 Å². The van der Waals surface area contributed by atoms with Gasteiger partial charge in [0.05, 0.1) is 0 Å². The number of hydrogen-bond acceptors (Lipinski definition) is 4. The first-order valence-corrected chi connectivity index (χ1v) is 10.5. The minimum absolute atomic E-state index is 0.0537. The molecule has 2 aliphatic rings. The highest BCUT2D eigenvalue weighted by atomic mass is 79.9. The van der Waals surface area contributed by atoms with E-state index in [-0.39, 0.29) is 29.8 Å². The Morgan fingerprint density at radius 1 is 1.30 bits per heavy atom. The Hall–Kier alpha value is -1.60. The Balaban J connectivity index is 1.64. The van der Waals surface area contributed by atoms with Gasteiger partial charge in [0.1, 0.15) is 17.4 Å². The molecule has 142 valence electrons. The van der Waals surface area contributed by atoms with Crippen molar-refractivity contribution in [1.82, 2.24) is 5.32 Å². The van der Waals surface area contributed by atoms with E-state index in [4.69, 9.17) is 0 Å². The molecule has 0 bridgehead atoms. The van der Waals surface area contributed by atoms with E-state index in [1.165, 1.54) is 0 Å². The molecule has 2 atom stereocenters. The number of aliphatic imine (C=N–C) groups is 1. The van der Waals surface area contributed by atoms with Crippen molar-refractivity contribution in [2.24, 2.45) is 10.9 Å². The lowest BCUT2D eigenvalue weighted by Crippen LogP contribution is -2.33. The number of hydrogen-bond donors (Lipinski definition) is 1. The monoisotopic (exact) mass is 494 g/mol. The lowest BCUT2D eigenvalue weighted by molar-refractivity contribution is -0.125. The topological polar surface area (TPSA) is 75.6 Å². The second-order valence-corrected chi connectivity index (χ2v) is 8.59. The number of benzene rings is 1. The molecule has 0 spiro atoms. The van der Waals surface area contributed by atoms with Gasteiger partial charge >= 0.3 is 0 Å². The van der Waals surface area contributed by atoms with E-state index in [0.29, 0.717) is 25.2 Å². The predicted molar refractivity (Wildman–Crippen MR) is 111 cm³/mol. The molecule has 0 saturated heterocycles. The maximum absolute atomic E-state index is 12.9. The predicted octanol–water partition coefficient (Wildman–Crippen LogP) is 3.67. The van der Waals surface area contributed by atoms with Crippen LogP contribution in [0.2, 0.25) is 0 Å². The van der Waals surface area contributed by atoms with Crippen molar-refractivity contribution in [3.63, 3.8) is 0 Å². The summed E-state index contributed by atoms with van der Waals surface area (Å²) in [6.45, 7) is 2.87. The fraction of sp³-hybridized carbons (Fsp3) is 0.400. The first-order valence-electron chi connectivity index (χ1n) is 8.89. The highest BCUT2D eigenvalue weighted by molar-refractivity contribution is 9.11. The van der Waals surface area contributed by atoms with Crippen LogP contribution in [0.4, 0.5) is 0 Å². The number of carbonyl (C=O) groups is 3. The quantitative estimate of drug-likeness (QED) is 0.633. The zero-order valence-corrected chi connectivity index (χ0v) is 18.1. The molecular formula is C20H20Br2N2O3. The van der Waals surface area contributed by atoms with Gasteiger partial charge in [0.25, 0.3) is 5.91 Å². The summed E-state index contributed by atoms with van der Waals surface area (Å²) >= 11 is 6.91. The molecule has 5 nitrogen and oxygen atoms in total. The zero-order chi connectivity index (χ0) is 19.6. The van der Waals surface area contributed by atoms with Gasteiger partial charge in [-0.3, -0.25) is 19.4 Å². The third-order valence-electron chi connectivity index (χ3n) is 4.91. The normalized spacial score (nSPS) is 22.1. The van der Waals surface area contributed by atoms with Crippen LogP contribution in [0.15, 0.2) is 38.2 Å². The van der Waals surface area contributed by atoms with Crippen molar-refractivity contribution in [3.8, 4) is 0 Å². The molecule has 1 amide bonds. The van der Waals surface area contributed by atoms with Gasteiger partial charge in [0.15, 0.2) is 5.78 Å². The molecule has 0 radical (unpaired) electrons. The Labute approximate surface area is 175 Å².